The highest BCUT2D eigenvalue weighted by Gasteiger charge is 2.43. The smallest absolute Gasteiger partial charge is 0.0720 e. The molecule has 0 saturated heterocycles. The number of rotatable bonds is 3. The molecule has 2 nitrogen and oxygen atoms in total. The van der Waals surface area contributed by atoms with E-state index < -0.39 is 5.60 Å². The van der Waals surface area contributed by atoms with Crippen LogP contribution in [0.25, 0.3) is 0 Å². The van der Waals surface area contributed by atoms with Gasteiger partial charge in [0.1, 0.15) is 0 Å². The normalized spacial score (nSPS) is 33.8. The Balaban J connectivity index is 2.69. The molecule has 0 aromatic rings. The third-order valence-corrected chi connectivity index (χ3v) is 4.40. The van der Waals surface area contributed by atoms with Gasteiger partial charge in [-0.25, -0.2) is 0 Å². The van der Waals surface area contributed by atoms with Crippen molar-refractivity contribution in [3.8, 4) is 0 Å². The Hall–Kier alpha value is -0.0800. The Bertz CT molecular complexity index is 201. The lowest BCUT2D eigenvalue weighted by molar-refractivity contribution is -0.101. The van der Waals surface area contributed by atoms with Gasteiger partial charge in [0.2, 0.25) is 0 Å². The first-order chi connectivity index (χ1) is 6.95. The standard InChI is InChI=1S/C13H26O2/c1-4-11-6-5-8-13(15,9-7-11)12(2,3)10-14/h11,14-15H,4-10H2,1-3H3. The molecular weight excluding hydrogens is 188 g/mol. The van der Waals surface area contributed by atoms with Crippen molar-refractivity contribution < 1.29 is 10.2 Å². The van der Waals surface area contributed by atoms with Gasteiger partial charge in [0.25, 0.3) is 0 Å². The maximum Gasteiger partial charge on any atom is 0.0720 e. The van der Waals surface area contributed by atoms with E-state index in [9.17, 15) is 10.2 Å². The Morgan fingerprint density at radius 1 is 1.27 bits per heavy atom. The lowest BCUT2D eigenvalue weighted by atomic mass is 9.71. The molecule has 2 atom stereocenters. The molecule has 1 fully saturated rings. The molecule has 1 aliphatic rings. The van der Waals surface area contributed by atoms with Gasteiger partial charge in [-0.2, -0.15) is 0 Å². The zero-order chi connectivity index (χ0) is 11.5. The van der Waals surface area contributed by atoms with Gasteiger partial charge in [0.15, 0.2) is 0 Å². The van der Waals surface area contributed by atoms with E-state index in [1.165, 1.54) is 12.8 Å². The van der Waals surface area contributed by atoms with E-state index in [1.54, 1.807) is 0 Å². The molecule has 1 aliphatic carbocycles. The predicted molar refractivity (Wildman–Crippen MR) is 62.7 cm³/mol. The fourth-order valence-corrected chi connectivity index (χ4v) is 2.63. The summed E-state index contributed by atoms with van der Waals surface area (Å²) >= 11 is 0. The van der Waals surface area contributed by atoms with Crippen molar-refractivity contribution in [2.75, 3.05) is 6.61 Å². The van der Waals surface area contributed by atoms with Crippen LogP contribution in [0.5, 0.6) is 0 Å². The predicted octanol–water partition coefficient (Wildman–Crippen LogP) is 2.73. The van der Waals surface area contributed by atoms with Crippen molar-refractivity contribution >= 4 is 0 Å². The minimum Gasteiger partial charge on any atom is -0.396 e. The van der Waals surface area contributed by atoms with Gasteiger partial charge < -0.3 is 10.2 Å². The fourth-order valence-electron chi connectivity index (χ4n) is 2.63. The average Bonchev–Trinajstić information content (AvgIpc) is 2.41. The van der Waals surface area contributed by atoms with Crippen LogP contribution in [-0.4, -0.2) is 22.4 Å². The van der Waals surface area contributed by atoms with Crippen molar-refractivity contribution in [2.24, 2.45) is 11.3 Å². The largest absolute Gasteiger partial charge is 0.396 e. The molecule has 1 rings (SSSR count). The maximum absolute atomic E-state index is 10.6. The highest BCUT2D eigenvalue weighted by Crippen LogP contribution is 2.42. The molecule has 2 heteroatoms. The molecule has 0 spiro atoms. The molecule has 2 unspecified atom stereocenters. The molecule has 0 heterocycles. The van der Waals surface area contributed by atoms with E-state index in [0.29, 0.717) is 0 Å². The minimum atomic E-state index is -0.661. The van der Waals surface area contributed by atoms with E-state index in [2.05, 4.69) is 6.92 Å². The first-order valence-corrected chi connectivity index (χ1v) is 6.28. The van der Waals surface area contributed by atoms with Crippen LogP contribution >= 0.6 is 0 Å². The highest BCUT2D eigenvalue weighted by atomic mass is 16.3. The molecule has 2 N–H and O–H groups in total. The summed E-state index contributed by atoms with van der Waals surface area (Å²) in [6.07, 6.45) is 6.35. The van der Waals surface area contributed by atoms with Gasteiger partial charge >= 0.3 is 0 Å². The van der Waals surface area contributed by atoms with Gasteiger partial charge in [0.05, 0.1) is 12.2 Å². The molecule has 15 heavy (non-hydrogen) atoms. The van der Waals surface area contributed by atoms with Gasteiger partial charge in [-0.15, -0.1) is 0 Å². The van der Waals surface area contributed by atoms with Crippen molar-refractivity contribution in [3.63, 3.8) is 0 Å². The fraction of sp³-hybridized carbons (Fsp3) is 1.00. The van der Waals surface area contributed by atoms with E-state index >= 15 is 0 Å². The lowest BCUT2D eigenvalue weighted by Crippen LogP contribution is -2.46. The molecule has 0 radical (unpaired) electrons. The summed E-state index contributed by atoms with van der Waals surface area (Å²) in [7, 11) is 0. The molecule has 0 bridgehead atoms. The number of aliphatic hydroxyl groups excluding tert-OH is 1. The van der Waals surface area contributed by atoms with Crippen LogP contribution in [0.3, 0.4) is 0 Å². The number of hydrogen-bond donors (Lipinski definition) is 2. The monoisotopic (exact) mass is 214 g/mol. The quantitative estimate of drug-likeness (QED) is 0.709. The summed E-state index contributed by atoms with van der Waals surface area (Å²) in [6.45, 7) is 6.24. The summed E-state index contributed by atoms with van der Waals surface area (Å²) in [6, 6.07) is 0. The molecule has 0 aromatic heterocycles. The second-order valence-corrected chi connectivity index (χ2v) is 5.78. The van der Waals surface area contributed by atoms with Crippen LogP contribution < -0.4 is 0 Å². The zero-order valence-corrected chi connectivity index (χ0v) is 10.4. The molecule has 0 amide bonds. The van der Waals surface area contributed by atoms with Crippen LogP contribution in [0.15, 0.2) is 0 Å². The highest BCUT2D eigenvalue weighted by molar-refractivity contribution is 4.94. The van der Waals surface area contributed by atoms with Crippen molar-refractivity contribution in [2.45, 2.75) is 64.9 Å². The molecule has 0 aliphatic heterocycles. The van der Waals surface area contributed by atoms with E-state index in [0.717, 1.165) is 31.6 Å². The Morgan fingerprint density at radius 3 is 2.47 bits per heavy atom. The van der Waals surface area contributed by atoms with Crippen molar-refractivity contribution in [3.05, 3.63) is 0 Å². The Morgan fingerprint density at radius 2 is 1.93 bits per heavy atom. The summed E-state index contributed by atoms with van der Waals surface area (Å²) in [5.41, 5.74) is -1.03. The van der Waals surface area contributed by atoms with E-state index in [-0.39, 0.29) is 12.0 Å². The topological polar surface area (TPSA) is 40.5 Å². The van der Waals surface area contributed by atoms with Crippen LogP contribution in [0.4, 0.5) is 0 Å². The molecule has 1 saturated carbocycles. The van der Waals surface area contributed by atoms with Crippen LogP contribution in [-0.2, 0) is 0 Å². The second-order valence-electron chi connectivity index (χ2n) is 5.78. The Labute approximate surface area is 93.7 Å². The summed E-state index contributed by atoms with van der Waals surface area (Å²) in [5.74, 6) is 0.772. The summed E-state index contributed by atoms with van der Waals surface area (Å²) in [5, 5.41) is 20.0. The van der Waals surface area contributed by atoms with E-state index in [4.69, 9.17) is 0 Å². The number of hydrogen-bond acceptors (Lipinski definition) is 2. The minimum absolute atomic E-state index is 0.0697. The van der Waals surface area contributed by atoms with Crippen LogP contribution in [0.1, 0.15) is 59.3 Å². The molecule has 0 aromatic carbocycles. The van der Waals surface area contributed by atoms with Crippen molar-refractivity contribution in [1.29, 1.82) is 0 Å². The SMILES string of the molecule is CCC1CCCC(O)(C(C)(C)CO)CC1. The van der Waals surface area contributed by atoms with Crippen LogP contribution in [0, 0.1) is 11.3 Å². The first kappa shape index (κ1) is 13.0. The molecular formula is C13H26O2. The summed E-state index contributed by atoms with van der Waals surface area (Å²) in [4.78, 5) is 0. The second kappa shape index (κ2) is 4.84. The van der Waals surface area contributed by atoms with E-state index in [1.807, 2.05) is 13.8 Å². The Kier molecular flexibility index (Phi) is 4.19. The van der Waals surface area contributed by atoms with Crippen LogP contribution in [0.2, 0.25) is 0 Å². The van der Waals surface area contributed by atoms with Gasteiger partial charge in [-0.3, -0.25) is 0 Å². The third-order valence-electron chi connectivity index (χ3n) is 4.40. The lowest BCUT2D eigenvalue weighted by Gasteiger charge is -2.41. The third kappa shape index (κ3) is 2.73. The van der Waals surface area contributed by atoms with Gasteiger partial charge in [-0.1, -0.05) is 40.0 Å². The maximum atomic E-state index is 10.6. The first-order valence-electron chi connectivity index (χ1n) is 6.28. The van der Waals surface area contributed by atoms with Crippen molar-refractivity contribution in [1.82, 2.24) is 0 Å². The van der Waals surface area contributed by atoms with Gasteiger partial charge in [0, 0.05) is 5.41 Å². The summed E-state index contributed by atoms with van der Waals surface area (Å²) < 4.78 is 0. The van der Waals surface area contributed by atoms with Gasteiger partial charge in [-0.05, 0) is 25.2 Å². The number of aliphatic hydroxyl groups is 2. The average molecular weight is 214 g/mol. The zero-order valence-electron chi connectivity index (χ0n) is 10.4. The molecule has 90 valence electrons.